The molecule has 1 heteroatoms. The summed E-state index contributed by atoms with van der Waals surface area (Å²) in [7, 11) is 0. The van der Waals surface area contributed by atoms with E-state index in [4.69, 9.17) is 4.98 Å². The van der Waals surface area contributed by atoms with Gasteiger partial charge < -0.3 is 0 Å². The molecule has 9 rings (SSSR count). The van der Waals surface area contributed by atoms with Crippen LogP contribution in [0.3, 0.4) is 0 Å². The van der Waals surface area contributed by atoms with Gasteiger partial charge in [0.15, 0.2) is 0 Å². The number of pyridine rings is 1. The zero-order chi connectivity index (χ0) is 33.7. The highest BCUT2D eigenvalue weighted by Crippen LogP contribution is 2.62. The fourth-order valence-corrected chi connectivity index (χ4v) is 8.23. The summed E-state index contributed by atoms with van der Waals surface area (Å²) < 4.78 is 0. The Hall–Kier alpha value is -6.31. The molecule has 236 valence electrons. The van der Waals surface area contributed by atoms with Crippen LogP contribution in [0, 0.1) is 0 Å². The van der Waals surface area contributed by atoms with Gasteiger partial charge in [-0.05, 0) is 91.9 Å². The number of hydrogen-bond acceptors (Lipinski definition) is 1. The lowest BCUT2D eigenvalue weighted by Crippen LogP contribution is -2.26. The number of allylic oxidation sites excluding steroid dienone is 5. The minimum atomic E-state index is -0.388. The molecule has 0 N–H and O–H groups in total. The highest BCUT2D eigenvalue weighted by atomic mass is 14.7. The monoisotopic (exact) mass is 637 g/mol. The van der Waals surface area contributed by atoms with Gasteiger partial charge in [-0.2, -0.15) is 0 Å². The third-order valence-corrected chi connectivity index (χ3v) is 10.5. The molecule has 0 fully saturated rings. The second-order valence-corrected chi connectivity index (χ2v) is 13.2. The van der Waals surface area contributed by atoms with E-state index in [-0.39, 0.29) is 5.41 Å². The number of benzene rings is 6. The third kappa shape index (κ3) is 4.59. The minimum absolute atomic E-state index is 0.388. The Kier molecular flexibility index (Phi) is 7.14. The summed E-state index contributed by atoms with van der Waals surface area (Å²) in [5, 5.41) is 0. The number of nitrogens with zero attached hydrogens (tertiary/aromatic N) is 1. The molecule has 1 heterocycles. The first-order chi connectivity index (χ1) is 24.7. The van der Waals surface area contributed by atoms with Crippen molar-refractivity contribution in [2.75, 3.05) is 0 Å². The predicted octanol–water partition coefficient (Wildman–Crippen LogP) is 12.6. The minimum Gasteiger partial charge on any atom is -0.248 e. The lowest BCUT2D eigenvalue weighted by Gasteiger charge is -2.32. The molecule has 6 aromatic carbocycles. The van der Waals surface area contributed by atoms with Crippen LogP contribution in [-0.2, 0) is 5.41 Å². The molecule has 1 aromatic heterocycles. The van der Waals surface area contributed by atoms with Gasteiger partial charge in [-0.1, -0.05) is 170 Å². The van der Waals surface area contributed by atoms with Crippen molar-refractivity contribution in [2.24, 2.45) is 0 Å². The Labute approximate surface area is 294 Å². The molecule has 50 heavy (non-hydrogen) atoms. The van der Waals surface area contributed by atoms with Crippen LogP contribution >= 0.6 is 0 Å². The fraction of sp³-hybridized carbons (Fsp3) is 0.0408. The van der Waals surface area contributed by atoms with Crippen molar-refractivity contribution in [1.82, 2.24) is 4.98 Å². The second kappa shape index (κ2) is 12.0. The zero-order valence-corrected chi connectivity index (χ0v) is 28.0. The summed E-state index contributed by atoms with van der Waals surface area (Å²) in [5.41, 5.74) is 19.1. The maximum absolute atomic E-state index is 5.08. The van der Waals surface area contributed by atoms with Gasteiger partial charge in [0.25, 0.3) is 0 Å². The quantitative estimate of drug-likeness (QED) is 0.165. The molecule has 0 aliphatic heterocycles. The van der Waals surface area contributed by atoms with E-state index in [9.17, 15) is 0 Å². The first kappa shape index (κ1) is 29.8. The van der Waals surface area contributed by atoms with E-state index in [2.05, 4.69) is 177 Å². The largest absolute Gasteiger partial charge is 0.248 e. The van der Waals surface area contributed by atoms with Crippen molar-refractivity contribution in [2.45, 2.75) is 12.3 Å². The molecule has 1 unspecified atom stereocenters. The van der Waals surface area contributed by atoms with Crippen molar-refractivity contribution in [3.8, 4) is 55.9 Å². The highest BCUT2D eigenvalue weighted by Gasteiger charge is 2.51. The van der Waals surface area contributed by atoms with Crippen molar-refractivity contribution >= 4 is 5.57 Å². The molecular formula is C49H35N. The van der Waals surface area contributed by atoms with Crippen LogP contribution in [0.2, 0.25) is 0 Å². The average Bonchev–Trinajstić information content (AvgIpc) is 3.62. The summed E-state index contributed by atoms with van der Waals surface area (Å²) in [6.45, 7) is 6.28. The van der Waals surface area contributed by atoms with Crippen LogP contribution in [0.5, 0.6) is 0 Å². The summed E-state index contributed by atoms with van der Waals surface area (Å²) in [6, 6.07) is 59.3. The van der Waals surface area contributed by atoms with Gasteiger partial charge in [-0.3, -0.25) is 0 Å². The molecule has 0 saturated carbocycles. The summed E-state index contributed by atoms with van der Waals surface area (Å²) >= 11 is 0. The first-order valence-electron chi connectivity index (χ1n) is 17.3. The molecule has 1 atom stereocenters. The Morgan fingerprint density at radius 2 is 0.960 bits per heavy atom. The second-order valence-electron chi connectivity index (χ2n) is 13.2. The van der Waals surface area contributed by atoms with E-state index in [0.29, 0.717) is 0 Å². The van der Waals surface area contributed by atoms with Crippen LogP contribution < -0.4 is 0 Å². The Morgan fingerprint density at radius 3 is 1.58 bits per heavy atom. The van der Waals surface area contributed by atoms with Gasteiger partial charge in [-0.15, -0.1) is 0 Å². The van der Waals surface area contributed by atoms with E-state index in [1.807, 2.05) is 18.2 Å². The molecule has 0 amide bonds. The number of rotatable bonds is 6. The molecule has 0 saturated heterocycles. The Bertz CT molecular complexity index is 2420. The number of hydrogen-bond donors (Lipinski definition) is 0. The van der Waals surface area contributed by atoms with Gasteiger partial charge in [-0.25, -0.2) is 4.98 Å². The van der Waals surface area contributed by atoms with Crippen molar-refractivity contribution in [1.29, 1.82) is 0 Å². The highest BCUT2D eigenvalue weighted by molar-refractivity contribution is 5.96. The van der Waals surface area contributed by atoms with Crippen LogP contribution in [0.1, 0.15) is 29.2 Å². The molecule has 0 radical (unpaired) electrons. The lowest BCUT2D eigenvalue weighted by molar-refractivity contribution is 0.786. The van der Waals surface area contributed by atoms with Gasteiger partial charge >= 0.3 is 0 Å². The summed E-state index contributed by atoms with van der Waals surface area (Å²) in [4.78, 5) is 5.08. The summed E-state index contributed by atoms with van der Waals surface area (Å²) in [6.07, 6.45) is 6.24. The topological polar surface area (TPSA) is 12.9 Å². The molecule has 7 aromatic rings. The standard InChI is InChI=1S/C49H35N/c1-3-4-21-43-33(2)40-19-11-13-22-44(40)49(43)45-23-14-12-20-41(45)42-29-28-38(30-46(42)49)34-24-26-35(27-25-34)39-31-47(36-15-7-5-8-16-36)50-48(32-39)37-17-9-6-10-18-37/h3-32H,1H2,2H3/b21-4-. The smallest absolute Gasteiger partial charge is 0.0722 e. The van der Waals surface area contributed by atoms with E-state index in [1.54, 1.807) is 0 Å². The number of aromatic nitrogens is 1. The Morgan fingerprint density at radius 1 is 0.460 bits per heavy atom. The van der Waals surface area contributed by atoms with Crippen LogP contribution in [0.25, 0.3) is 61.5 Å². The van der Waals surface area contributed by atoms with E-state index in [1.165, 1.54) is 55.7 Å². The average molecular weight is 638 g/mol. The van der Waals surface area contributed by atoms with Crippen LogP contribution in [0.15, 0.2) is 194 Å². The molecule has 1 nitrogen and oxygen atoms in total. The van der Waals surface area contributed by atoms with Gasteiger partial charge in [0, 0.05) is 11.1 Å². The van der Waals surface area contributed by atoms with Crippen LogP contribution in [-0.4, -0.2) is 4.98 Å². The molecule has 0 bridgehead atoms. The SMILES string of the molecule is C=C/C=C\C1=C(C)c2ccccc2C12c1ccccc1-c1ccc(-c3ccc(-c4cc(-c5ccccc5)nc(-c5ccccc5)c4)cc3)cc12. The maximum atomic E-state index is 5.08. The fourth-order valence-electron chi connectivity index (χ4n) is 8.23. The van der Waals surface area contributed by atoms with E-state index < -0.39 is 0 Å². The zero-order valence-electron chi connectivity index (χ0n) is 28.0. The van der Waals surface area contributed by atoms with Crippen molar-refractivity contribution in [3.05, 3.63) is 216 Å². The molecule has 1 spiro atoms. The normalized spacial score (nSPS) is 15.7. The first-order valence-corrected chi connectivity index (χ1v) is 17.3. The van der Waals surface area contributed by atoms with Crippen LogP contribution in [0.4, 0.5) is 0 Å². The van der Waals surface area contributed by atoms with Crippen molar-refractivity contribution < 1.29 is 0 Å². The maximum Gasteiger partial charge on any atom is 0.0722 e. The lowest BCUT2D eigenvalue weighted by atomic mass is 9.69. The molecule has 2 aliphatic carbocycles. The third-order valence-electron chi connectivity index (χ3n) is 10.5. The van der Waals surface area contributed by atoms with Gasteiger partial charge in [0.2, 0.25) is 0 Å². The molecule has 2 aliphatic rings. The number of fused-ring (bicyclic) bond motifs is 7. The summed E-state index contributed by atoms with van der Waals surface area (Å²) in [5.74, 6) is 0. The molecular weight excluding hydrogens is 603 g/mol. The Balaban J connectivity index is 1.17. The van der Waals surface area contributed by atoms with Crippen molar-refractivity contribution in [3.63, 3.8) is 0 Å². The van der Waals surface area contributed by atoms with Gasteiger partial charge in [0.05, 0.1) is 16.8 Å². The van der Waals surface area contributed by atoms with E-state index in [0.717, 1.165) is 33.6 Å². The predicted molar refractivity (Wildman–Crippen MR) is 210 cm³/mol. The van der Waals surface area contributed by atoms with E-state index >= 15 is 0 Å². The van der Waals surface area contributed by atoms with Gasteiger partial charge in [0.1, 0.15) is 0 Å².